The first-order valence-electron chi connectivity index (χ1n) is 7.17. The van der Waals surface area contributed by atoms with Crippen LogP contribution in [0.2, 0.25) is 0 Å². The van der Waals surface area contributed by atoms with Gasteiger partial charge in [0.1, 0.15) is 0 Å². The summed E-state index contributed by atoms with van der Waals surface area (Å²) < 4.78 is 0. The molecule has 1 aromatic rings. The fraction of sp³-hybridized carbons (Fsp3) is 0.714. The van der Waals surface area contributed by atoms with Crippen molar-refractivity contribution in [3.8, 4) is 0 Å². The molecular formula is C14H24N4O2. The maximum Gasteiger partial charge on any atom is 0.308 e. The van der Waals surface area contributed by atoms with Crippen LogP contribution in [0, 0.1) is 11.8 Å². The van der Waals surface area contributed by atoms with Gasteiger partial charge < -0.3 is 10.4 Å². The van der Waals surface area contributed by atoms with Gasteiger partial charge in [-0.05, 0) is 25.2 Å². The van der Waals surface area contributed by atoms with Crippen molar-refractivity contribution < 1.29 is 9.90 Å². The van der Waals surface area contributed by atoms with E-state index >= 15 is 0 Å². The number of aromatic nitrogens is 3. The summed E-state index contributed by atoms with van der Waals surface area (Å²) in [4.78, 5) is 15.6. The third kappa shape index (κ3) is 4.75. The van der Waals surface area contributed by atoms with Gasteiger partial charge >= 0.3 is 5.97 Å². The molecule has 1 heterocycles. The number of hydrogen-bond acceptors (Lipinski definition) is 5. The van der Waals surface area contributed by atoms with Crippen LogP contribution in [0.5, 0.6) is 0 Å². The van der Waals surface area contributed by atoms with E-state index in [1.54, 1.807) is 0 Å². The molecule has 0 radical (unpaired) electrons. The second-order valence-corrected chi connectivity index (χ2v) is 5.28. The van der Waals surface area contributed by atoms with Crippen molar-refractivity contribution in [3.05, 3.63) is 11.4 Å². The van der Waals surface area contributed by atoms with Gasteiger partial charge in [-0.25, -0.2) is 4.98 Å². The Morgan fingerprint density at radius 3 is 2.35 bits per heavy atom. The quantitative estimate of drug-likeness (QED) is 0.758. The molecule has 1 rings (SSSR count). The van der Waals surface area contributed by atoms with Crippen LogP contribution in [0.1, 0.15) is 45.5 Å². The number of carbonyl (C=O) groups is 1. The second-order valence-electron chi connectivity index (χ2n) is 5.28. The Hall–Kier alpha value is -1.72. The molecule has 2 N–H and O–H groups in total. The molecule has 0 spiro atoms. The van der Waals surface area contributed by atoms with Crippen molar-refractivity contribution in [1.82, 2.24) is 15.2 Å². The van der Waals surface area contributed by atoms with Crippen LogP contribution in [-0.4, -0.2) is 32.8 Å². The van der Waals surface area contributed by atoms with Crippen LogP contribution in [0.15, 0.2) is 0 Å². The smallest absolute Gasteiger partial charge is 0.308 e. The monoisotopic (exact) mass is 280 g/mol. The topological polar surface area (TPSA) is 88.0 Å². The van der Waals surface area contributed by atoms with Gasteiger partial charge in [0.15, 0.2) is 0 Å². The molecule has 0 aliphatic carbocycles. The summed E-state index contributed by atoms with van der Waals surface area (Å²) in [7, 11) is 0. The lowest BCUT2D eigenvalue weighted by Gasteiger charge is -2.15. The number of aliphatic carboxylic acids is 1. The number of aryl methyl sites for hydroxylation is 2. The average Bonchev–Trinajstić information content (AvgIpc) is 2.42. The standard InChI is InChI=1S/C14H24N4O2/c1-5-11-12(6-2)17-18-14(16-11)15-8-10(13(19)20)7-9(3)4/h9-10H,5-8H2,1-4H3,(H,19,20)(H,15,16,18). The largest absolute Gasteiger partial charge is 0.481 e. The van der Waals surface area contributed by atoms with Gasteiger partial charge in [-0.2, -0.15) is 5.10 Å². The molecule has 20 heavy (non-hydrogen) atoms. The molecule has 6 nitrogen and oxygen atoms in total. The van der Waals surface area contributed by atoms with Gasteiger partial charge in [0, 0.05) is 6.54 Å². The van der Waals surface area contributed by atoms with E-state index in [0.717, 1.165) is 24.2 Å². The molecule has 0 fully saturated rings. The summed E-state index contributed by atoms with van der Waals surface area (Å²) in [5.41, 5.74) is 1.82. The van der Waals surface area contributed by atoms with E-state index in [9.17, 15) is 9.90 Å². The van der Waals surface area contributed by atoms with Gasteiger partial charge in [0.05, 0.1) is 17.3 Å². The lowest BCUT2D eigenvalue weighted by atomic mass is 9.97. The number of nitrogens with one attached hydrogen (secondary N) is 1. The summed E-state index contributed by atoms with van der Waals surface area (Å²) >= 11 is 0. The van der Waals surface area contributed by atoms with Crippen LogP contribution in [-0.2, 0) is 17.6 Å². The molecule has 0 aliphatic heterocycles. The number of hydrogen-bond donors (Lipinski definition) is 2. The molecule has 6 heteroatoms. The van der Waals surface area contributed by atoms with Gasteiger partial charge in [-0.1, -0.05) is 27.7 Å². The maximum absolute atomic E-state index is 11.2. The zero-order valence-corrected chi connectivity index (χ0v) is 12.7. The third-order valence-corrected chi connectivity index (χ3v) is 3.12. The van der Waals surface area contributed by atoms with Gasteiger partial charge in [0.25, 0.3) is 0 Å². The fourth-order valence-electron chi connectivity index (χ4n) is 2.07. The first kappa shape index (κ1) is 16.3. The lowest BCUT2D eigenvalue weighted by molar-refractivity contribution is -0.141. The minimum atomic E-state index is -0.792. The van der Waals surface area contributed by atoms with E-state index in [0.29, 0.717) is 24.8 Å². The van der Waals surface area contributed by atoms with Crippen molar-refractivity contribution in [2.75, 3.05) is 11.9 Å². The molecular weight excluding hydrogens is 256 g/mol. The Labute approximate surface area is 120 Å². The zero-order chi connectivity index (χ0) is 15.1. The van der Waals surface area contributed by atoms with Gasteiger partial charge in [-0.3, -0.25) is 4.79 Å². The molecule has 0 saturated heterocycles. The molecule has 0 aliphatic rings. The molecule has 1 aromatic heterocycles. The van der Waals surface area contributed by atoms with Gasteiger partial charge in [-0.15, -0.1) is 5.10 Å². The van der Waals surface area contributed by atoms with Crippen molar-refractivity contribution in [1.29, 1.82) is 0 Å². The maximum atomic E-state index is 11.2. The van der Waals surface area contributed by atoms with Gasteiger partial charge in [0.2, 0.25) is 5.95 Å². The first-order valence-corrected chi connectivity index (χ1v) is 7.17. The molecule has 112 valence electrons. The van der Waals surface area contributed by atoms with E-state index in [-0.39, 0.29) is 0 Å². The van der Waals surface area contributed by atoms with Crippen LogP contribution in [0.25, 0.3) is 0 Å². The number of carboxylic acids is 1. The van der Waals surface area contributed by atoms with Crippen LogP contribution < -0.4 is 5.32 Å². The predicted octanol–water partition coefficient (Wildman–Crippen LogP) is 2.16. The van der Waals surface area contributed by atoms with E-state index in [4.69, 9.17) is 0 Å². The van der Waals surface area contributed by atoms with Crippen LogP contribution in [0.3, 0.4) is 0 Å². The number of carboxylic acid groups (broad SMARTS) is 1. The second kappa shape index (κ2) is 7.77. The fourth-order valence-corrected chi connectivity index (χ4v) is 2.07. The highest BCUT2D eigenvalue weighted by Gasteiger charge is 2.19. The van der Waals surface area contributed by atoms with Crippen LogP contribution in [0.4, 0.5) is 5.95 Å². The van der Waals surface area contributed by atoms with Crippen molar-refractivity contribution in [3.63, 3.8) is 0 Å². The zero-order valence-electron chi connectivity index (χ0n) is 12.7. The lowest BCUT2D eigenvalue weighted by Crippen LogP contribution is -2.25. The molecule has 1 atom stereocenters. The summed E-state index contributed by atoms with van der Waals surface area (Å²) in [6, 6.07) is 0. The molecule has 0 amide bonds. The predicted molar refractivity (Wildman–Crippen MR) is 77.7 cm³/mol. The van der Waals surface area contributed by atoms with E-state index in [2.05, 4.69) is 20.5 Å². The van der Waals surface area contributed by atoms with E-state index < -0.39 is 11.9 Å². The average molecular weight is 280 g/mol. The Kier molecular flexibility index (Phi) is 6.35. The molecule has 0 bridgehead atoms. The normalized spacial score (nSPS) is 12.4. The summed E-state index contributed by atoms with van der Waals surface area (Å²) in [6.07, 6.45) is 2.22. The van der Waals surface area contributed by atoms with Crippen LogP contribution >= 0.6 is 0 Å². The third-order valence-electron chi connectivity index (χ3n) is 3.12. The van der Waals surface area contributed by atoms with E-state index in [1.165, 1.54) is 0 Å². The minimum Gasteiger partial charge on any atom is -0.481 e. The molecule has 1 unspecified atom stereocenters. The van der Waals surface area contributed by atoms with E-state index in [1.807, 2.05) is 27.7 Å². The Balaban J connectivity index is 2.70. The first-order chi connectivity index (χ1) is 9.47. The molecule has 0 saturated carbocycles. The van der Waals surface area contributed by atoms with Crippen molar-refractivity contribution in [2.24, 2.45) is 11.8 Å². The Morgan fingerprint density at radius 2 is 1.85 bits per heavy atom. The number of anilines is 1. The molecule has 0 aromatic carbocycles. The Morgan fingerprint density at radius 1 is 1.20 bits per heavy atom. The van der Waals surface area contributed by atoms with Crippen molar-refractivity contribution in [2.45, 2.75) is 47.0 Å². The number of nitrogens with zero attached hydrogens (tertiary/aromatic N) is 3. The highest BCUT2D eigenvalue weighted by atomic mass is 16.4. The summed E-state index contributed by atoms with van der Waals surface area (Å²) in [5, 5.41) is 20.3. The minimum absolute atomic E-state index is 0.323. The highest BCUT2D eigenvalue weighted by Crippen LogP contribution is 2.13. The van der Waals surface area contributed by atoms with Crippen molar-refractivity contribution >= 4 is 11.9 Å². The SMILES string of the molecule is CCc1nnc(NCC(CC(C)C)C(=O)O)nc1CC. The highest BCUT2D eigenvalue weighted by molar-refractivity contribution is 5.70. The summed E-state index contributed by atoms with van der Waals surface area (Å²) in [5.74, 6) is -0.478. The summed E-state index contributed by atoms with van der Waals surface area (Å²) in [6.45, 7) is 8.38. The number of rotatable bonds is 8. The Bertz CT molecular complexity index is 449.